The predicted octanol–water partition coefficient (Wildman–Crippen LogP) is 3.38. The lowest BCUT2D eigenvalue weighted by atomic mass is 10.1. The summed E-state index contributed by atoms with van der Waals surface area (Å²) in [4.78, 5) is 2.92. The third kappa shape index (κ3) is 1.58. The van der Waals surface area contributed by atoms with Crippen molar-refractivity contribution < 1.29 is 5.11 Å². The van der Waals surface area contributed by atoms with E-state index in [0.717, 1.165) is 11.3 Å². The van der Waals surface area contributed by atoms with Gasteiger partial charge in [0.1, 0.15) is 5.69 Å². The number of nitrogens with one attached hydrogen (secondary N) is 1. The van der Waals surface area contributed by atoms with Crippen LogP contribution in [0.15, 0.2) is 34.5 Å². The topological polar surface area (TPSA) is 65.7 Å². The van der Waals surface area contributed by atoms with Crippen LogP contribution in [0.1, 0.15) is 11.3 Å². The van der Waals surface area contributed by atoms with Crippen molar-refractivity contribution in [3.05, 3.63) is 40.3 Å². The van der Waals surface area contributed by atoms with Crippen LogP contribution in [0.25, 0.3) is 11.8 Å². The molecule has 0 bridgehead atoms. The maximum absolute atomic E-state index is 9.87. The molecule has 6 heteroatoms. The quantitative estimate of drug-likeness (QED) is 0.770. The standard InChI is InChI=1S/C12H10N4OS/c1-16-11(17)10(13-12(16)18)6-9-7-4-2-3-5-8(7)14-15-9/h2-6,17H,1H3,(H,13,18)/b9-6-. The summed E-state index contributed by atoms with van der Waals surface area (Å²) in [5, 5.41) is 18.0. The van der Waals surface area contributed by atoms with Crippen molar-refractivity contribution >= 4 is 29.7 Å². The summed E-state index contributed by atoms with van der Waals surface area (Å²) in [7, 11) is 1.69. The Kier molecular flexibility index (Phi) is 2.38. The third-order valence-electron chi connectivity index (χ3n) is 2.83. The molecule has 0 radical (unpaired) electrons. The summed E-state index contributed by atoms with van der Waals surface area (Å²) in [5.41, 5.74) is 3.02. The molecule has 2 heterocycles. The van der Waals surface area contributed by atoms with Gasteiger partial charge in [0.25, 0.3) is 0 Å². The number of azo groups is 1. The number of aromatic amines is 1. The molecular weight excluding hydrogens is 248 g/mol. The van der Waals surface area contributed by atoms with E-state index in [2.05, 4.69) is 15.2 Å². The Morgan fingerprint density at radius 2 is 2.11 bits per heavy atom. The van der Waals surface area contributed by atoms with Gasteiger partial charge in [-0.1, -0.05) is 18.2 Å². The van der Waals surface area contributed by atoms with Gasteiger partial charge in [0.15, 0.2) is 4.77 Å². The summed E-state index contributed by atoms with van der Waals surface area (Å²) in [6.45, 7) is 0. The van der Waals surface area contributed by atoms with Gasteiger partial charge >= 0.3 is 0 Å². The molecule has 0 atom stereocenters. The number of benzene rings is 1. The molecule has 18 heavy (non-hydrogen) atoms. The molecule has 1 aromatic carbocycles. The van der Waals surface area contributed by atoms with Gasteiger partial charge < -0.3 is 10.1 Å². The highest BCUT2D eigenvalue weighted by Crippen LogP contribution is 2.36. The van der Waals surface area contributed by atoms with E-state index in [4.69, 9.17) is 12.2 Å². The van der Waals surface area contributed by atoms with Crippen LogP contribution in [0.3, 0.4) is 0 Å². The lowest BCUT2D eigenvalue weighted by Gasteiger charge is -1.97. The van der Waals surface area contributed by atoms with E-state index < -0.39 is 0 Å². The minimum atomic E-state index is 0.0899. The van der Waals surface area contributed by atoms with Gasteiger partial charge in [-0.25, -0.2) is 0 Å². The largest absolute Gasteiger partial charge is 0.493 e. The van der Waals surface area contributed by atoms with E-state index in [1.54, 1.807) is 13.1 Å². The molecule has 2 aromatic rings. The van der Waals surface area contributed by atoms with Crippen LogP contribution in [0, 0.1) is 4.77 Å². The molecule has 3 rings (SSSR count). The SMILES string of the molecule is Cn1c(O)c(/C=C2\N=Nc3ccccc32)[nH]c1=S. The Labute approximate surface area is 108 Å². The van der Waals surface area contributed by atoms with Gasteiger partial charge in [0.05, 0.1) is 11.4 Å². The van der Waals surface area contributed by atoms with Crippen molar-refractivity contribution in [1.29, 1.82) is 0 Å². The van der Waals surface area contributed by atoms with E-state index in [1.807, 2.05) is 24.3 Å². The van der Waals surface area contributed by atoms with Crippen LogP contribution >= 0.6 is 12.2 Å². The normalized spacial score (nSPS) is 15.3. The molecule has 0 amide bonds. The van der Waals surface area contributed by atoms with E-state index in [-0.39, 0.29) is 5.88 Å². The highest BCUT2D eigenvalue weighted by atomic mass is 32.1. The number of hydrogen-bond acceptors (Lipinski definition) is 4. The maximum Gasteiger partial charge on any atom is 0.217 e. The van der Waals surface area contributed by atoms with Gasteiger partial charge in [0.2, 0.25) is 5.88 Å². The Bertz CT molecular complexity index is 739. The summed E-state index contributed by atoms with van der Waals surface area (Å²) >= 11 is 5.04. The van der Waals surface area contributed by atoms with Crippen molar-refractivity contribution in [2.45, 2.75) is 0 Å². The van der Waals surface area contributed by atoms with Crippen molar-refractivity contribution in [3.63, 3.8) is 0 Å². The van der Waals surface area contributed by atoms with E-state index in [1.165, 1.54) is 4.57 Å². The van der Waals surface area contributed by atoms with Crippen molar-refractivity contribution in [2.24, 2.45) is 17.3 Å². The average Bonchev–Trinajstić information content (AvgIpc) is 2.89. The molecule has 0 unspecified atom stereocenters. The second-order valence-corrected chi connectivity index (χ2v) is 4.36. The Balaban J connectivity index is 2.12. The van der Waals surface area contributed by atoms with Crippen LogP contribution in [0.2, 0.25) is 0 Å². The summed E-state index contributed by atoms with van der Waals surface area (Å²) in [6.07, 6.45) is 1.74. The molecule has 1 aliphatic heterocycles. The smallest absolute Gasteiger partial charge is 0.217 e. The van der Waals surface area contributed by atoms with Crippen LogP contribution in [0.5, 0.6) is 5.88 Å². The minimum absolute atomic E-state index is 0.0899. The first-order valence-electron chi connectivity index (χ1n) is 5.37. The number of rotatable bonds is 1. The first-order chi connectivity index (χ1) is 8.66. The number of nitrogens with zero attached hydrogens (tertiary/aromatic N) is 3. The molecule has 0 fully saturated rings. The monoisotopic (exact) mass is 258 g/mol. The van der Waals surface area contributed by atoms with E-state index in [0.29, 0.717) is 16.2 Å². The number of aromatic nitrogens is 2. The third-order valence-corrected chi connectivity index (χ3v) is 3.21. The fourth-order valence-electron chi connectivity index (χ4n) is 1.81. The zero-order valence-electron chi connectivity index (χ0n) is 9.58. The number of imidazole rings is 1. The van der Waals surface area contributed by atoms with Gasteiger partial charge in [-0.15, -0.1) is 10.2 Å². The van der Waals surface area contributed by atoms with Crippen molar-refractivity contribution in [2.75, 3.05) is 0 Å². The van der Waals surface area contributed by atoms with Crippen molar-refractivity contribution in [1.82, 2.24) is 9.55 Å². The van der Waals surface area contributed by atoms with E-state index in [9.17, 15) is 5.11 Å². The molecular formula is C12H10N4OS. The highest BCUT2D eigenvalue weighted by Gasteiger charge is 2.15. The molecule has 0 saturated carbocycles. The number of hydrogen-bond donors (Lipinski definition) is 2. The molecule has 1 aliphatic rings. The molecule has 0 saturated heterocycles. The van der Waals surface area contributed by atoms with Gasteiger partial charge in [-0.3, -0.25) is 4.57 Å². The maximum atomic E-state index is 9.87. The lowest BCUT2D eigenvalue weighted by Crippen LogP contribution is -1.84. The fourth-order valence-corrected chi connectivity index (χ4v) is 2.01. The number of H-pyrrole nitrogens is 1. The van der Waals surface area contributed by atoms with Crippen LogP contribution in [-0.2, 0) is 7.05 Å². The molecule has 0 aliphatic carbocycles. The van der Waals surface area contributed by atoms with E-state index >= 15 is 0 Å². The second kappa shape index (κ2) is 3.92. The molecule has 5 nitrogen and oxygen atoms in total. The second-order valence-electron chi connectivity index (χ2n) is 3.97. The zero-order valence-corrected chi connectivity index (χ0v) is 10.4. The van der Waals surface area contributed by atoms with Gasteiger partial charge in [-0.05, 0) is 24.4 Å². The number of aromatic hydroxyl groups is 1. The molecule has 1 aromatic heterocycles. The Morgan fingerprint density at radius 1 is 1.33 bits per heavy atom. The molecule has 2 N–H and O–H groups in total. The summed E-state index contributed by atoms with van der Waals surface area (Å²) < 4.78 is 1.96. The fraction of sp³-hybridized carbons (Fsp3) is 0.0833. The summed E-state index contributed by atoms with van der Waals surface area (Å²) in [5.74, 6) is 0.0899. The van der Waals surface area contributed by atoms with Crippen molar-refractivity contribution in [3.8, 4) is 5.88 Å². The van der Waals surface area contributed by atoms with Crippen LogP contribution in [-0.4, -0.2) is 14.7 Å². The van der Waals surface area contributed by atoms with Gasteiger partial charge in [0, 0.05) is 12.6 Å². The Hall–Kier alpha value is -2.21. The highest BCUT2D eigenvalue weighted by molar-refractivity contribution is 7.71. The first-order valence-corrected chi connectivity index (χ1v) is 5.78. The zero-order chi connectivity index (χ0) is 12.7. The first kappa shape index (κ1) is 10.9. The van der Waals surface area contributed by atoms with Crippen LogP contribution in [0.4, 0.5) is 5.69 Å². The predicted molar refractivity (Wildman–Crippen MR) is 71.1 cm³/mol. The number of fused-ring (bicyclic) bond motifs is 1. The summed E-state index contributed by atoms with van der Waals surface area (Å²) in [6, 6.07) is 7.67. The van der Waals surface area contributed by atoms with Gasteiger partial charge in [-0.2, -0.15) is 0 Å². The van der Waals surface area contributed by atoms with Crippen LogP contribution < -0.4 is 0 Å². The average molecular weight is 258 g/mol. The Morgan fingerprint density at radius 3 is 2.83 bits per heavy atom. The lowest BCUT2D eigenvalue weighted by molar-refractivity contribution is 0.430. The minimum Gasteiger partial charge on any atom is -0.493 e. The molecule has 0 spiro atoms. The molecule has 90 valence electrons.